The van der Waals surface area contributed by atoms with Gasteiger partial charge in [-0.05, 0) is 64.2 Å². The van der Waals surface area contributed by atoms with Gasteiger partial charge in [-0.1, -0.05) is 40.6 Å². The molecule has 0 unspecified atom stereocenters. The molecule has 0 radical (unpaired) electrons. The van der Waals surface area contributed by atoms with Crippen LogP contribution in [0.3, 0.4) is 0 Å². The maximum Gasteiger partial charge on any atom is 0.123 e. The van der Waals surface area contributed by atoms with E-state index in [0.717, 1.165) is 16.7 Å². The van der Waals surface area contributed by atoms with Crippen molar-refractivity contribution in [3.05, 3.63) is 91.4 Å². The molecule has 0 heterocycles. The highest BCUT2D eigenvalue weighted by Crippen LogP contribution is 2.44. The predicted molar refractivity (Wildman–Crippen MR) is 94.9 cm³/mol. The van der Waals surface area contributed by atoms with E-state index >= 15 is 0 Å². The summed E-state index contributed by atoms with van der Waals surface area (Å²) in [7, 11) is 0. The lowest BCUT2D eigenvalue weighted by Crippen LogP contribution is -2.19. The molecule has 0 aliphatic heterocycles. The number of aliphatic hydroxyl groups excluding tert-OH is 1. The molecule has 1 N–H and O–H groups in total. The molecule has 1 aliphatic carbocycles. The topological polar surface area (TPSA) is 118 Å². The van der Waals surface area contributed by atoms with Gasteiger partial charge >= 0.3 is 0 Å². The maximum absolute atomic E-state index is 13.9. The lowest BCUT2D eigenvalue weighted by molar-refractivity contribution is 0.158. The minimum atomic E-state index is -0.893. The van der Waals surface area contributed by atoms with E-state index in [-0.39, 0.29) is 18.9 Å². The summed E-state index contributed by atoms with van der Waals surface area (Å²) in [5, 5.41) is 17.6. The van der Waals surface area contributed by atoms with Gasteiger partial charge in [-0.15, -0.1) is 0 Å². The van der Waals surface area contributed by atoms with E-state index in [0.29, 0.717) is 12.0 Å². The number of rotatable bonds is 5. The Morgan fingerprint density at radius 2 is 1.88 bits per heavy atom. The number of fused-ring (bicyclic) bond motifs is 2. The Bertz CT molecular complexity index is 904. The van der Waals surface area contributed by atoms with Crippen molar-refractivity contribution < 1.29 is 9.50 Å². The molecule has 0 spiro atoms. The van der Waals surface area contributed by atoms with Crippen LogP contribution in [0.1, 0.15) is 40.6 Å². The fourth-order valence-electron chi connectivity index (χ4n) is 3.60. The molecular weight excluding hydrogens is 335 g/mol. The highest BCUT2D eigenvalue weighted by Gasteiger charge is 2.32. The SMILES string of the molecule is [N-]=[N+]=NC[C@@H](O)C[C@@H]1c2ccccc2Cc2ccc(F)cc2[C@@H]1N=[N+]=[N-]. The van der Waals surface area contributed by atoms with Crippen molar-refractivity contribution in [2.45, 2.75) is 30.9 Å². The van der Waals surface area contributed by atoms with Crippen LogP contribution in [-0.2, 0) is 6.42 Å². The smallest absolute Gasteiger partial charge is 0.123 e. The van der Waals surface area contributed by atoms with E-state index in [1.54, 1.807) is 6.07 Å². The number of halogens is 1. The molecule has 3 rings (SSSR count). The number of nitrogens with zero attached hydrogens (tertiary/aromatic N) is 6. The molecule has 3 atom stereocenters. The number of azide groups is 2. The van der Waals surface area contributed by atoms with E-state index in [9.17, 15) is 9.50 Å². The van der Waals surface area contributed by atoms with Gasteiger partial charge in [0.05, 0.1) is 18.7 Å². The first-order valence-corrected chi connectivity index (χ1v) is 8.23. The highest BCUT2D eigenvalue weighted by atomic mass is 19.1. The van der Waals surface area contributed by atoms with Crippen LogP contribution in [0.25, 0.3) is 20.9 Å². The third-order valence-corrected chi connectivity index (χ3v) is 4.70. The van der Waals surface area contributed by atoms with Gasteiger partial charge in [-0.25, -0.2) is 4.39 Å². The predicted octanol–water partition coefficient (Wildman–Crippen LogP) is 4.93. The summed E-state index contributed by atoms with van der Waals surface area (Å²) in [6.07, 6.45) is -0.0718. The number of benzene rings is 2. The second-order valence-corrected chi connectivity index (χ2v) is 6.28. The highest BCUT2D eigenvalue weighted by molar-refractivity contribution is 5.45. The molecule has 0 bridgehead atoms. The van der Waals surface area contributed by atoms with Crippen molar-refractivity contribution in [2.24, 2.45) is 10.2 Å². The van der Waals surface area contributed by atoms with Crippen LogP contribution in [0, 0.1) is 5.82 Å². The van der Waals surface area contributed by atoms with E-state index in [1.165, 1.54) is 12.1 Å². The van der Waals surface area contributed by atoms with Gasteiger partial charge < -0.3 is 5.11 Å². The van der Waals surface area contributed by atoms with E-state index in [2.05, 4.69) is 20.1 Å². The Morgan fingerprint density at radius 3 is 2.65 bits per heavy atom. The van der Waals surface area contributed by atoms with Gasteiger partial charge in [0.15, 0.2) is 0 Å². The Balaban J connectivity index is 2.13. The normalized spacial score (nSPS) is 19.2. The monoisotopic (exact) mass is 352 g/mol. The molecule has 1 aliphatic rings. The third kappa shape index (κ3) is 3.63. The van der Waals surface area contributed by atoms with Crippen LogP contribution in [0.15, 0.2) is 52.7 Å². The molecule has 2 aromatic rings. The lowest BCUT2D eigenvalue weighted by Gasteiger charge is -2.26. The lowest BCUT2D eigenvalue weighted by atomic mass is 9.83. The zero-order chi connectivity index (χ0) is 18.5. The van der Waals surface area contributed by atoms with Crippen molar-refractivity contribution in [1.82, 2.24) is 0 Å². The van der Waals surface area contributed by atoms with Crippen LogP contribution < -0.4 is 0 Å². The van der Waals surface area contributed by atoms with Crippen LogP contribution in [-0.4, -0.2) is 17.8 Å². The van der Waals surface area contributed by atoms with E-state index in [4.69, 9.17) is 11.1 Å². The Hall–Kier alpha value is -3.05. The van der Waals surface area contributed by atoms with Gasteiger partial charge in [0.25, 0.3) is 0 Å². The van der Waals surface area contributed by atoms with Crippen molar-refractivity contribution >= 4 is 0 Å². The quantitative estimate of drug-likeness (QED) is 0.458. The zero-order valence-electron chi connectivity index (χ0n) is 13.9. The molecule has 132 valence electrons. The summed E-state index contributed by atoms with van der Waals surface area (Å²) in [5.41, 5.74) is 21.0. The van der Waals surface area contributed by atoms with E-state index < -0.39 is 18.0 Å². The van der Waals surface area contributed by atoms with Gasteiger partial charge in [-0.3, -0.25) is 0 Å². The Kier molecular flexibility index (Phi) is 5.39. The van der Waals surface area contributed by atoms with Crippen LogP contribution in [0.5, 0.6) is 0 Å². The molecule has 26 heavy (non-hydrogen) atoms. The van der Waals surface area contributed by atoms with Crippen LogP contribution in [0.4, 0.5) is 4.39 Å². The van der Waals surface area contributed by atoms with Gasteiger partial charge in [0, 0.05) is 9.82 Å². The maximum atomic E-state index is 13.9. The summed E-state index contributed by atoms with van der Waals surface area (Å²) < 4.78 is 13.9. The standard InChI is InChI=1S/C18H17FN6O/c19-13-6-5-12-7-11-3-1-2-4-15(11)17(9-14(26)10-22-24-20)18(23-25-21)16(12)8-13/h1-6,8,14,17-18,26H,7,9-10H2/t14-,17+,18-/m0/s1. The van der Waals surface area contributed by atoms with Crippen molar-refractivity contribution in [1.29, 1.82) is 0 Å². The number of hydrogen-bond donors (Lipinski definition) is 1. The summed E-state index contributed by atoms with van der Waals surface area (Å²) in [4.78, 5) is 5.63. The molecule has 0 amide bonds. The average molecular weight is 352 g/mol. The summed E-state index contributed by atoms with van der Waals surface area (Å²) in [6, 6.07) is 11.6. The fourth-order valence-corrected chi connectivity index (χ4v) is 3.60. The first kappa shape index (κ1) is 17.8. The van der Waals surface area contributed by atoms with Gasteiger partial charge in [-0.2, -0.15) is 0 Å². The second kappa shape index (κ2) is 7.89. The Morgan fingerprint density at radius 1 is 1.12 bits per heavy atom. The zero-order valence-corrected chi connectivity index (χ0v) is 13.9. The number of hydrogen-bond acceptors (Lipinski definition) is 3. The van der Waals surface area contributed by atoms with Crippen molar-refractivity contribution in [3.8, 4) is 0 Å². The minimum Gasteiger partial charge on any atom is -0.393 e. The molecular formula is C18H17FN6O. The molecule has 8 heteroatoms. The molecule has 0 fully saturated rings. The average Bonchev–Trinajstić information content (AvgIpc) is 2.76. The minimum absolute atomic E-state index is 0.0752. The molecule has 0 aromatic heterocycles. The molecule has 0 saturated carbocycles. The first-order chi connectivity index (χ1) is 12.6. The largest absolute Gasteiger partial charge is 0.393 e. The summed E-state index contributed by atoms with van der Waals surface area (Å²) in [6.45, 7) is -0.0752. The molecule has 0 saturated heterocycles. The summed E-state index contributed by atoms with van der Waals surface area (Å²) in [5.74, 6) is -0.754. The molecule has 2 aromatic carbocycles. The Labute approximate surface area is 149 Å². The second-order valence-electron chi connectivity index (χ2n) is 6.28. The van der Waals surface area contributed by atoms with Crippen LogP contribution in [0.2, 0.25) is 0 Å². The van der Waals surface area contributed by atoms with Crippen molar-refractivity contribution in [2.75, 3.05) is 6.54 Å². The van der Waals surface area contributed by atoms with E-state index in [1.807, 2.05) is 24.3 Å². The van der Waals surface area contributed by atoms with Gasteiger partial charge in [0.1, 0.15) is 5.82 Å². The van der Waals surface area contributed by atoms with Gasteiger partial charge in [0.2, 0.25) is 0 Å². The summed E-state index contributed by atoms with van der Waals surface area (Å²) >= 11 is 0. The van der Waals surface area contributed by atoms with Crippen LogP contribution >= 0.6 is 0 Å². The molecule has 7 nitrogen and oxygen atoms in total. The fraction of sp³-hybridized carbons (Fsp3) is 0.333. The number of aliphatic hydroxyl groups is 1. The first-order valence-electron chi connectivity index (χ1n) is 8.23. The third-order valence-electron chi connectivity index (χ3n) is 4.70. The van der Waals surface area contributed by atoms with Crippen molar-refractivity contribution in [3.63, 3.8) is 0 Å².